The predicted octanol–water partition coefficient (Wildman–Crippen LogP) is 4.66. The average molecular weight is 514 g/mol. The van der Waals surface area contributed by atoms with Crippen LogP contribution >= 0.6 is 22.6 Å². The van der Waals surface area contributed by atoms with Crippen LogP contribution in [0.4, 0.5) is 5.95 Å². The first kappa shape index (κ1) is 20.1. The highest BCUT2D eigenvalue weighted by Gasteiger charge is 2.14. The normalized spacial score (nSPS) is 10.7. The Labute approximate surface area is 187 Å². The van der Waals surface area contributed by atoms with Crippen molar-refractivity contribution in [1.82, 2.24) is 14.8 Å². The third-order valence-corrected chi connectivity index (χ3v) is 5.03. The molecule has 1 N–H and O–H groups in total. The van der Waals surface area contributed by atoms with E-state index in [-0.39, 0.29) is 18.3 Å². The van der Waals surface area contributed by atoms with E-state index < -0.39 is 5.91 Å². The number of ether oxygens (including phenoxy) is 1. The maximum atomic E-state index is 12.4. The summed E-state index contributed by atoms with van der Waals surface area (Å²) in [5.41, 5.74) is 2.30. The number of aromatic nitrogens is 3. The zero-order chi connectivity index (χ0) is 20.9. The van der Waals surface area contributed by atoms with Crippen molar-refractivity contribution in [2.24, 2.45) is 0 Å². The maximum absolute atomic E-state index is 12.4. The van der Waals surface area contributed by atoms with Crippen molar-refractivity contribution in [3.8, 4) is 5.75 Å². The number of anilines is 1. The Morgan fingerprint density at radius 1 is 1.10 bits per heavy atom. The molecular weight excluding hydrogens is 495 g/mol. The Morgan fingerprint density at radius 3 is 2.63 bits per heavy atom. The highest BCUT2D eigenvalue weighted by molar-refractivity contribution is 14.1. The minimum atomic E-state index is -0.413. The number of furan rings is 1. The third-order valence-electron chi connectivity index (χ3n) is 4.31. The summed E-state index contributed by atoms with van der Waals surface area (Å²) in [4.78, 5) is 16.5. The molecule has 2 aromatic heterocycles. The standard InChI is InChI=1S/C22H19IN4O3/c1-15-2-4-16(5-3-15)12-27-14-24-22(26-27)25-21(28)20-11-10-19(30-20)13-29-18-8-6-17(23)7-9-18/h2-11,14H,12-13H2,1H3,(H,25,26,28). The van der Waals surface area contributed by atoms with Gasteiger partial charge in [-0.25, -0.2) is 9.67 Å². The number of benzene rings is 2. The highest BCUT2D eigenvalue weighted by atomic mass is 127. The van der Waals surface area contributed by atoms with Crippen LogP contribution in [-0.2, 0) is 13.2 Å². The zero-order valence-electron chi connectivity index (χ0n) is 16.2. The summed E-state index contributed by atoms with van der Waals surface area (Å²) in [6.45, 7) is 2.85. The van der Waals surface area contributed by atoms with Gasteiger partial charge in [-0.15, -0.1) is 5.10 Å². The van der Waals surface area contributed by atoms with Crippen molar-refractivity contribution in [2.75, 3.05) is 5.32 Å². The monoisotopic (exact) mass is 514 g/mol. The van der Waals surface area contributed by atoms with E-state index in [0.29, 0.717) is 12.3 Å². The third kappa shape index (κ3) is 5.26. The van der Waals surface area contributed by atoms with Crippen molar-refractivity contribution >= 4 is 34.4 Å². The number of amides is 1. The molecule has 152 valence electrons. The van der Waals surface area contributed by atoms with E-state index in [1.807, 2.05) is 55.5 Å². The van der Waals surface area contributed by atoms with Crippen LogP contribution in [-0.4, -0.2) is 20.7 Å². The number of aryl methyl sites for hydroxylation is 1. The van der Waals surface area contributed by atoms with Gasteiger partial charge in [-0.05, 0) is 71.5 Å². The molecular formula is C22H19IN4O3. The molecule has 7 nitrogen and oxygen atoms in total. The molecule has 0 unspecified atom stereocenters. The van der Waals surface area contributed by atoms with E-state index in [2.05, 4.69) is 38.0 Å². The lowest BCUT2D eigenvalue weighted by atomic mass is 10.1. The predicted molar refractivity (Wildman–Crippen MR) is 120 cm³/mol. The van der Waals surface area contributed by atoms with Gasteiger partial charge in [-0.2, -0.15) is 0 Å². The molecule has 4 aromatic rings. The van der Waals surface area contributed by atoms with Crippen LogP contribution in [0.25, 0.3) is 0 Å². The minimum absolute atomic E-state index is 0.172. The fourth-order valence-electron chi connectivity index (χ4n) is 2.73. The summed E-state index contributed by atoms with van der Waals surface area (Å²) < 4.78 is 14.0. The summed E-state index contributed by atoms with van der Waals surface area (Å²) >= 11 is 2.23. The smallest absolute Gasteiger partial charge is 0.293 e. The zero-order valence-corrected chi connectivity index (χ0v) is 18.4. The Kier molecular flexibility index (Phi) is 6.12. The van der Waals surface area contributed by atoms with Crippen LogP contribution in [0.3, 0.4) is 0 Å². The molecule has 2 aromatic carbocycles. The van der Waals surface area contributed by atoms with Gasteiger partial charge in [-0.1, -0.05) is 29.8 Å². The molecule has 0 aliphatic carbocycles. The SMILES string of the molecule is Cc1ccc(Cn2cnc(NC(=O)c3ccc(COc4ccc(I)cc4)o3)n2)cc1. The fourth-order valence-corrected chi connectivity index (χ4v) is 3.09. The second-order valence-electron chi connectivity index (χ2n) is 6.71. The molecule has 4 rings (SSSR count). The molecule has 0 saturated carbocycles. The molecule has 8 heteroatoms. The molecule has 0 aliphatic rings. The summed E-state index contributed by atoms with van der Waals surface area (Å²) in [6.07, 6.45) is 1.58. The van der Waals surface area contributed by atoms with E-state index >= 15 is 0 Å². The minimum Gasteiger partial charge on any atom is -0.486 e. The number of hydrogen-bond donors (Lipinski definition) is 1. The molecule has 0 aliphatic heterocycles. The highest BCUT2D eigenvalue weighted by Crippen LogP contribution is 2.17. The summed E-state index contributed by atoms with van der Waals surface area (Å²) in [6, 6.07) is 19.2. The van der Waals surface area contributed by atoms with Gasteiger partial charge in [0.05, 0.1) is 6.54 Å². The van der Waals surface area contributed by atoms with Gasteiger partial charge in [0, 0.05) is 3.57 Å². The quantitative estimate of drug-likeness (QED) is 0.363. The Bertz CT molecular complexity index is 1130. The number of nitrogens with zero attached hydrogens (tertiary/aromatic N) is 3. The lowest BCUT2D eigenvalue weighted by Gasteiger charge is -2.04. The molecule has 0 bridgehead atoms. The molecule has 0 atom stereocenters. The molecule has 2 heterocycles. The first-order valence-electron chi connectivity index (χ1n) is 9.28. The van der Waals surface area contributed by atoms with Gasteiger partial charge in [-0.3, -0.25) is 10.1 Å². The summed E-state index contributed by atoms with van der Waals surface area (Å²) in [5.74, 6) is 1.27. The van der Waals surface area contributed by atoms with Gasteiger partial charge in [0.25, 0.3) is 5.91 Å². The molecule has 0 saturated heterocycles. The molecule has 0 fully saturated rings. The Morgan fingerprint density at radius 2 is 1.87 bits per heavy atom. The van der Waals surface area contributed by atoms with Crippen molar-refractivity contribution in [3.05, 3.63) is 93.2 Å². The van der Waals surface area contributed by atoms with Gasteiger partial charge in [0.15, 0.2) is 5.76 Å². The maximum Gasteiger partial charge on any atom is 0.293 e. The van der Waals surface area contributed by atoms with Gasteiger partial charge in [0.2, 0.25) is 5.95 Å². The number of nitrogens with one attached hydrogen (secondary N) is 1. The number of carbonyl (C=O) groups is 1. The Balaban J connectivity index is 1.32. The molecule has 1 amide bonds. The van der Waals surface area contributed by atoms with E-state index in [4.69, 9.17) is 9.15 Å². The largest absolute Gasteiger partial charge is 0.486 e. The van der Waals surface area contributed by atoms with E-state index in [1.54, 1.807) is 23.1 Å². The van der Waals surface area contributed by atoms with Crippen molar-refractivity contribution in [1.29, 1.82) is 0 Å². The van der Waals surface area contributed by atoms with Crippen LogP contribution in [0.15, 0.2) is 71.4 Å². The average Bonchev–Trinajstić information content (AvgIpc) is 3.39. The summed E-state index contributed by atoms with van der Waals surface area (Å²) in [5, 5.41) is 6.94. The molecule has 0 spiro atoms. The van der Waals surface area contributed by atoms with Gasteiger partial charge >= 0.3 is 0 Å². The first-order chi connectivity index (χ1) is 14.5. The number of rotatable bonds is 7. The van der Waals surface area contributed by atoms with Crippen LogP contribution in [0, 0.1) is 10.5 Å². The van der Waals surface area contributed by atoms with Gasteiger partial charge < -0.3 is 9.15 Å². The van der Waals surface area contributed by atoms with E-state index in [0.717, 1.165) is 14.9 Å². The van der Waals surface area contributed by atoms with E-state index in [9.17, 15) is 4.79 Å². The van der Waals surface area contributed by atoms with Crippen LogP contribution in [0.1, 0.15) is 27.4 Å². The first-order valence-corrected chi connectivity index (χ1v) is 10.4. The van der Waals surface area contributed by atoms with Crippen molar-refractivity contribution in [2.45, 2.75) is 20.1 Å². The molecule has 30 heavy (non-hydrogen) atoms. The molecule has 0 radical (unpaired) electrons. The van der Waals surface area contributed by atoms with Crippen molar-refractivity contribution < 1.29 is 13.9 Å². The second kappa shape index (κ2) is 9.12. The topological polar surface area (TPSA) is 82.2 Å². The number of carbonyl (C=O) groups excluding carboxylic acids is 1. The van der Waals surface area contributed by atoms with Crippen LogP contribution in [0.5, 0.6) is 5.75 Å². The van der Waals surface area contributed by atoms with Gasteiger partial charge in [0.1, 0.15) is 24.4 Å². The number of hydrogen-bond acceptors (Lipinski definition) is 5. The van der Waals surface area contributed by atoms with Crippen LogP contribution < -0.4 is 10.1 Å². The lowest BCUT2D eigenvalue weighted by molar-refractivity contribution is 0.0991. The van der Waals surface area contributed by atoms with E-state index in [1.165, 1.54) is 5.56 Å². The Hall–Kier alpha value is -3.14. The lowest BCUT2D eigenvalue weighted by Crippen LogP contribution is -2.12. The fraction of sp³-hybridized carbons (Fsp3) is 0.136. The summed E-state index contributed by atoms with van der Waals surface area (Å²) in [7, 11) is 0. The van der Waals surface area contributed by atoms with Crippen LogP contribution in [0.2, 0.25) is 0 Å². The second-order valence-corrected chi connectivity index (χ2v) is 7.96. The van der Waals surface area contributed by atoms with Crippen molar-refractivity contribution in [3.63, 3.8) is 0 Å². The number of halogens is 1.